The zero-order valence-corrected chi connectivity index (χ0v) is 13.7. The molecule has 2 aromatic rings. The molecule has 0 aliphatic carbocycles. The van der Waals surface area contributed by atoms with Gasteiger partial charge in [0.15, 0.2) is 0 Å². The van der Waals surface area contributed by atoms with Crippen molar-refractivity contribution in [1.82, 2.24) is 4.90 Å². The van der Waals surface area contributed by atoms with Gasteiger partial charge < -0.3 is 20.5 Å². The fraction of sp³-hybridized carbons (Fsp3) is 0.222. The summed E-state index contributed by atoms with van der Waals surface area (Å²) in [6.45, 7) is 0.194. The Morgan fingerprint density at radius 1 is 1.31 bits per heavy atom. The van der Waals surface area contributed by atoms with Gasteiger partial charge in [-0.05, 0) is 11.6 Å². The lowest BCUT2D eigenvalue weighted by Crippen LogP contribution is -2.72. The zero-order valence-electron chi connectivity index (χ0n) is 13.7. The highest BCUT2D eigenvalue weighted by molar-refractivity contribution is 6.03. The Labute approximate surface area is 148 Å². The fourth-order valence-corrected chi connectivity index (χ4v) is 2.97. The molecule has 2 aliphatic heterocycles. The smallest absolute Gasteiger partial charge is 0.410 e. The standard InChI is InChI=1S/C18H16FN3O4/c19-12-6-15-14(7-13(12)20)21-16(23)18(26-15)9-22(10-18)17(24)25-8-11-4-2-1-3-5-11/h1-7H,8-10,20H2,(H,21,23). The molecular formula is C18H16FN3O4. The van der Waals surface area contributed by atoms with Crippen LogP contribution in [0.5, 0.6) is 5.75 Å². The van der Waals surface area contributed by atoms with Crippen LogP contribution in [0, 0.1) is 5.82 Å². The van der Waals surface area contributed by atoms with E-state index in [9.17, 15) is 14.0 Å². The molecule has 1 saturated heterocycles. The number of amides is 2. The number of nitrogens with two attached hydrogens (primary N) is 1. The van der Waals surface area contributed by atoms with Gasteiger partial charge in [-0.1, -0.05) is 30.3 Å². The minimum atomic E-state index is -1.23. The van der Waals surface area contributed by atoms with E-state index in [1.54, 1.807) is 0 Å². The number of carbonyl (C=O) groups is 2. The number of halogens is 1. The summed E-state index contributed by atoms with van der Waals surface area (Å²) < 4.78 is 24.6. The molecule has 26 heavy (non-hydrogen) atoms. The van der Waals surface area contributed by atoms with E-state index in [2.05, 4.69) is 5.32 Å². The molecule has 134 valence electrons. The first-order valence-electron chi connectivity index (χ1n) is 8.02. The van der Waals surface area contributed by atoms with Gasteiger partial charge in [0.05, 0.1) is 24.5 Å². The highest BCUT2D eigenvalue weighted by Crippen LogP contribution is 2.40. The van der Waals surface area contributed by atoms with Gasteiger partial charge in [0.1, 0.15) is 18.2 Å². The molecular weight excluding hydrogens is 341 g/mol. The van der Waals surface area contributed by atoms with Crippen LogP contribution in [0.1, 0.15) is 5.56 Å². The van der Waals surface area contributed by atoms with Crippen molar-refractivity contribution in [3.63, 3.8) is 0 Å². The molecule has 1 fully saturated rings. The first-order chi connectivity index (χ1) is 12.5. The Morgan fingerprint density at radius 3 is 2.77 bits per heavy atom. The van der Waals surface area contributed by atoms with Crippen molar-refractivity contribution in [3.05, 3.63) is 53.8 Å². The second kappa shape index (κ2) is 5.91. The molecule has 2 amide bonds. The number of nitrogen functional groups attached to an aromatic ring is 1. The molecule has 8 heteroatoms. The summed E-state index contributed by atoms with van der Waals surface area (Å²) in [4.78, 5) is 25.8. The van der Waals surface area contributed by atoms with Crippen LogP contribution in [0.4, 0.5) is 20.6 Å². The van der Waals surface area contributed by atoms with E-state index in [0.29, 0.717) is 5.69 Å². The summed E-state index contributed by atoms with van der Waals surface area (Å²) in [7, 11) is 0. The molecule has 2 aliphatic rings. The van der Waals surface area contributed by atoms with Crippen molar-refractivity contribution in [2.45, 2.75) is 12.2 Å². The van der Waals surface area contributed by atoms with Gasteiger partial charge in [0.2, 0.25) is 5.60 Å². The third-order valence-electron chi connectivity index (χ3n) is 4.42. The average molecular weight is 357 g/mol. The summed E-state index contributed by atoms with van der Waals surface area (Å²) in [5.74, 6) is -0.842. The second-order valence-corrected chi connectivity index (χ2v) is 6.32. The SMILES string of the molecule is Nc1cc2c(cc1F)OC1(CN(C(=O)OCc3ccccc3)C1)C(=O)N2. The molecule has 2 aromatic carbocycles. The Hall–Kier alpha value is -3.29. The molecule has 0 atom stereocenters. The number of rotatable bonds is 2. The van der Waals surface area contributed by atoms with Crippen molar-refractivity contribution < 1.29 is 23.5 Å². The predicted octanol–water partition coefficient (Wildman–Crippen LogP) is 2.13. The Kier molecular flexibility index (Phi) is 3.68. The lowest BCUT2D eigenvalue weighted by Gasteiger charge is -2.49. The number of ether oxygens (including phenoxy) is 2. The molecule has 3 N–H and O–H groups in total. The number of hydrogen-bond acceptors (Lipinski definition) is 5. The Morgan fingerprint density at radius 2 is 2.04 bits per heavy atom. The van der Waals surface area contributed by atoms with Gasteiger partial charge in [0.25, 0.3) is 5.91 Å². The van der Waals surface area contributed by atoms with E-state index < -0.39 is 23.4 Å². The van der Waals surface area contributed by atoms with Gasteiger partial charge >= 0.3 is 6.09 Å². The summed E-state index contributed by atoms with van der Waals surface area (Å²) in [5, 5.41) is 2.65. The number of likely N-dealkylation sites (tertiary alicyclic amines) is 1. The van der Waals surface area contributed by atoms with Gasteiger partial charge in [-0.3, -0.25) is 9.69 Å². The van der Waals surface area contributed by atoms with Crippen molar-refractivity contribution in [2.24, 2.45) is 0 Å². The van der Waals surface area contributed by atoms with E-state index in [1.165, 1.54) is 11.0 Å². The maximum absolute atomic E-state index is 13.6. The number of benzene rings is 2. The number of nitrogens with one attached hydrogen (secondary N) is 1. The van der Waals surface area contributed by atoms with Gasteiger partial charge in [-0.15, -0.1) is 0 Å². The number of hydrogen-bond donors (Lipinski definition) is 2. The van der Waals surface area contributed by atoms with Crippen LogP contribution in [-0.2, 0) is 16.1 Å². The zero-order chi connectivity index (χ0) is 18.3. The maximum Gasteiger partial charge on any atom is 0.410 e. The minimum Gasteiger partial charge on any atom is -0.471 e. The number of nitrogens with zero attached hydrogens (tertiary/aromatic N) is 1. The van der Waals surface area contributed by atoms with Gasteiger partial charge in [-0.25, -0.2) is 9.18 Å². The largest absolute Gasteiger partial charge is 0.471 e. The second-order valence-electron chi connectivity index (χ2n) is 6.32. The van der Waals surface area contributed by atoms with Crippen molar-refractivity contribution in [3.8, 4) is 5.75 Å². The molecule has 0 unspecified atom stereocenters. The quantitative estimate of drug-likeness (QED) is 0.803. The highest BCUT2D eigenvalue weighted by atomic mass is 19.1. The summed E-state index contributed by atoms with van der Waals surface area (Å²) >= 11 is 0. The molecule has 0 bridgehead atoms. The van der Waals surface area contributed by atoms with Crippen LogP contribution in [0.2, 0.25) is 0 Å². The minimum absolute atomic E-state index is 0.0257. The van der Waals surface area contributed by atoms with Gasteiger partial charge in [-0.2, -0.15) is 0 Å². The molecule has 4 rings (SSSR count). The molecule has 2 heterocycles. The van der Waals surface area contributed by atoms with E-state index in [0.717, 1.165) is 11.6 Å². The van der Waals surface area contributed by atoms with Crippen LogP contribution in [0.25, 0.3) is 0 Å². The first-order valence-corrected chi connectivity index (χ1v) is 8.02. The maximum atomic E-state index is 13.6. The van der Waals surface area contributed by atoms with Crippen LogP contribution >= 0.6 is 0 Å². The molecule has 0 radical (unpaired) electrons. The van der Waals surface area contributed by atoms with Gasteiger partial charge in [0, 0.05) is 6.07 Å². The van der Waals surface area contributed by atoms with Crippen molar-refractivity contribution in [2.75, 3.05) is 24.1 Å². The number of carbonyl (C=O) groups excluding carboxylic acids is 2. The van der Waals surface area contributed by atoms with E-state index in [-0.39, 0.29) is 31.1 Å². The van der Waals surface area contributed by atoms with Crippen LogP contribution in [0.3, 0.4) is 0 Å². The normalized spacial score (nSPS) is 17.0. The van der Waals surface area contributed by atoms with Crippen LogP contribution in [-0.4, -0.2) is 35.6 Å². The highest BCUT2D eigenvalue weighted by Gasteiger charge is 2.56. The third kappa shape index (κ3) is 2.69. The molecule has 7 nitrogen and oxygen atoms in total. The Bertz CT molecular complexity index is 882. The average Bonchev–Trinajstić information content (AvgIpc) is 2.60. The van der Waals surface area contributed by atoms with Crippen molar-refractivity contribution >= 4 is 23.4 Å². The third-order valence-corrected chi connectivity index (χ3v) is 4.42. The van der Waals surface area contributed by atoms with E-state index in [1.807, 2.05) is 30.3 Å². The fourth-order valence-electron chi connectivity index (χ4n) is 2.97. The number of anilines is 2. The summed E-state index contributed by atoms with van der Waals surface area (Å²) in [6, 6.07) is 11.7. The molecule has 0 aromatic heterocycles. The topological polar surface area (TPSA) is 93.9 Å². The lowest BCUT2D eigenvalue weighted by molar-refractivity contribution is -0.146. The molecule has 0 saturated carbocycles. The van der Waals surface area contributed by atoms with Crippen molar-refractivity contribution in [1.29, 1.82) is 0 Å². The van der Waals surface area contributed by atoms with Crippen LogP contribution in [0.15, 0.2) is 42.5 Å². The predicted molar refractivity (Wildman–Crippen MR) is 91.0 cm³/mol. The Balaban J connectivity index is 1.40. The van der Waals surface area contributed by atoms with E-state index >= 15 is 0 Å². The number of fused-ring (bicyclic) bond motifs is 1. The summed E-state index contributed by atoms with van der Waals surface area (Å²) in [5.41, 5.74) is 5.36. The summed E-state index contributed by atoms with van der Waals surface area (Å²) in [6.07, 6.45) is -0.537. The first kappa shape index (κ1) is 16.2. The monoisotopic (exact) mass is 357 g/mol. The van der Waals surface area contributed by atoms with E-state index in [4.69, 9.17) is 15.2 Å². The van der Waals surface area contributed by atoms with Crippen LogP contribution < -0.4 is 15.8 Å². The molecule has 1 spiro atoms. The lowest BCUT2D eigenvalue weighted by atomic mass is 9.91.